The molecule has 1 heterocycles. The first-order valence-electron chi connectivity index (χ1n) is 5.82. The lowest BCUT2D eigenvalue weighted by Crippen LogP contribution is -2.28. The maximum Gasteiger partial charge on any atom is 0.270 e. The van der Waals surface area contributed by atoms with Crippen molar-refractivity contribution in [3.05, 3.63) is 23.9 Å². The van der Waals surface area contributed by atoms with E-state index in [4.69, 9.17) is 10.5 Å². The summed E-state index contributed by atoms with van der Waals surface area (Å²) >= 11 is 0. The number of amides is 1. The number of pyridine rings is 1. The van der Waals surface area contributed by atoms with Crippen LogP contribution in [0.5, 0.6) is 0 Å². The van der Waals surface area contributed by atoms with Crippen LogP contribution < -0.4 is 11.1 Å². The Hall–Kier alpha value is -1.33. The van der Waals surface area contributed by atoms with E-state index in [-0.39, 0.29) is 18.3 Å². The zero-order valence-electron chi connectivity index (χ0n) is 10.5. The zero-order chi connectivity index (χ0) is 12.5. The van der Waals surface area contributed by atoms with Gasteiger partial charge in [-0.15, -0.1) is 12.4 Å². The van der Waals surface area contributed by atoms with E-state index in [0.29, 0.717) is 24.7 Å². The molecule has 0 aliphatic heterocycles. The number of nitrogens with one attached hydrogen (secondary N) is 1. The van der Waals surface area contributed by atoms with Crippen molar-refractivity contribution < 1.29 is 9.53 Å². The molecular formula is C12H20ClN3O2. The molecular weight excluding hydrogens is 254 g/mol. The van der Waals surface area contributed by atoms with Crippen LogP contribution in [0.3, 0.4) is 0 Å². The van der Waals surface area contributed by atoms with E-state index in [0.717, 1.165) is 19.4 Å². The molecule has 0 unspecified atom stereocenters. The molecule has 3 N–H and O–H groups in total. The normalized spacial score (nSPS) is 9.61. The summed E-state index contributed by atoms with van der Waals surface area (Å²) in [7, 11) is 0. The average molecular weight is 274 g/mol. The summed E-state index contributed by atoms with van der Waals surface area (Å²) < 4.78 is 5.32. The van der Waals surface area contributed by atoms with Gasteiger partial charge in [0.25, 0.3) is 5.91 Å². The van der Waals surface area contributed by atoms with Crippen LogP contribution in [0.2, 0.25) is 0 Å². The Morgan fingerprint density at radius 3 is 2.89 bits per heavy atom. The number of hydrogen-bond acceptors (Lipinski definition) is 4. The number of halogens is 1. The molecule has 0 aliphatic carbocycles. The number of carbonyl (C=O) groups is 1. The SMILES string of the molecule is CCCCOCCNC(=O)c1cccc(N)n1.Cl. The summed E-state index contributed by atoms with van der Waals surface area (Å²) in [5, 5.41) is 2.72. The molecule has 1 amide bonds. The molecule has 102 valence electrons. The lowest BCUT2D eigenvalue weighted by molar-refractivity contribution is 0.0908. The highest BCUT2D eigenvalue weighted by molar-refractivity contribution is 5.92. The maximum absolute atomic E-state index is 11.6. The van der Waals surface area contributed by atoms with Gasteiger partial charge in [0.15, 0.2) is 0 Å². The van der Waals surface area contributed by atoms with Crippen LogP contribution in [-0.4, -0.2) is 30.6 Å². The molecule has 0 saturated carbocycles. The Bertz CT molecular complexity index is 361. The fourth-order valence-electron chi connectivity index (χ4n) is 1.25. The molecule has 0 radical (unpaired) electrons. The second-order valence-corrected chi connectivity index (χ2v) is 3.67. The summed E-state index contributed by atoms with van der Waals surface area (Å²) in [6.07, 6.45) is 2.16. The topological polar surface area (TPSA) is 77.2 Å². The minimum Gasteiger partial charge on any atom is -0.384 e. The monoisotopic (exact) mass is 273 g/mol. The van der Waals surface area contributed by atoms with Crippen LogP contribution in [0.15, 0.2) is 18.2 Å². The van der Waals surface area contributed by atoms with Crippen LogP contribution in [0, 0.1) is 0 Å². The fourth-order valence-corrected chi connectivity index (χ4v) is 1.25. The number of nitrogens with zero attached hydrogens (tertiary/aromatic N) is 1. The van der Waals surface area contributed by atoms with Gasteiger partial charge in [0.1, 0.15) is 11.5 Å². The lowest BCUT2D eigenvalue weighted by atomic mass is 10.3. The van der Waals surface area contributed by atoms with E-state index in [1.54, 1.807) is 18.2 Å². The number of carbonyl (C=O) groups excluding carboxylic acids is 1. The quantitative estimate of drug-likeness (QED) is 0.741. The molecule has 0 bridgehead atoms. The van der Waals surface area contributed by atoms with Crippen molar-refractivity contribution >= 4 is 24.1 Å². The number of nitrogen functional groups attached to an aromatic ring is 1. The Balaban J connectivity index is 0.00000289. The van der Waals surface area contributed by atoms with Crippen LogP contribution in [0.1, 0.15) is 30.3 Å². The fraction of sp³-hybridized carbons (Fsp3) is 0.500. The summed E-state index contributed by atoms with van der Waals surface area (Å²) in [4.78, 5) is 15.5. The number of rotatable bonds is 7. The molecule has 5 nitrogen and oxygen atoms in total. The Morgan fingerprint density at radius 2 is 2.22 bits per heavy atom. The van der Waals surface area contributed by atoms with E-state index in [1.165, 1.54) is 0 Å². The first kappa shape index (κ1) is 16.7. The molecule has 1 aromatic rings. The van der Waals surface area contributed by atoms with Crippen molar-refractivity contribution in [2.24, 2.45) is 0 Å². The van der Waals surface area contributed by atoms with Gasteiger partial charge in [-0.05, 0) is 18.6 Å². The average Bonchev–Trinajstić information content (AvgIpc) is 2.33. The van der Waals surface area contributed by atoms with Crippen molar-refractivity contribution in [1.29, 1.82) is 0 Å². The van der Waals surface area contributed by atoms with Gasteiger partial charge < -0.3 is 15.8 Å². The standard InChI is InChI=1S/C12H19N3O2.ClH/c1-2-3-8-17-9-7-14-12(16)10-5-4-6-11(13)15-10;/h4-6H,2-3,7-9H2,1H3,(H2,13,15)(H,14,16);1H. The molecule has 0 atom stereocenters. The van der Waals surface area contributed by atoms with Gasteiger partial charge in [0.05, 0.1) is 6.61 Å². The van der Waals surface area contributed by atoms with Gasteiger partial charge in [-0.2, -0.15) is 0 Å². The maximum atomic E-state index is 11.6. The predicted molar refractivity (Wildman–Crippen MR) is 74.0 cm³/mol. The summed E-state index contributed by atoms with van der Waals surface area (Å²) in [5.41, 5.74) is 5.82. The molecule has 1 aromatic heterocycles. The summed E-state index contributed by atoms with van der Waals surface area (Å²) in [6.45, 7) is 3.85. The molecule has 6 heteroatoms. The third-order valence-corrected chi connectivity index (χ3v) is 2.18. The molecule has 18 heavy (non-hydrogen) atoms. The second kappa shape index (κ2) is 9.67. The van der Waals surface area contributed by atoms with Gasteiger partial charge in [0.2, 0.25) is 0 Å². The zero-order valence-corrected chi connectivity index (χ0v) is 11.3. The van der Waals surface area contributed by atoms with Gasteiger partial charge in [-0.1, -0.05) is 19.4 Å². The predicted octanol–water partition coefficient (Wildman–Crippen LogP) is 1.63. The smallest absolute Gasteiger partial charge is 0.270 e. The number of ether oxygens (including phenoxy) is 1. The molecule has 0 fully saturated rings. The molecule has 0 aliphatic rings. The lowest BCUT2D eigenvalue weighted by Gasteiger charge is -2.05. The molecule has 0 saturated heterocycles. The Labute approximate surface area is 114 Å². The van der Waals surface area contributed by atoms with Gasteiger partial charge in [-0.25, -0.2) is 4.98 Å². The van der Waals surface area contributed by atoms with Crippen LogP contribution in [0.4, 0.5) is 5.82 Å². The Morgan fingerprint density at radius 1 is 1.44 bits per heavy atom. The second-order valence-electron chi connectivity index (χ2n) is 3.67. The minimum absolute atomic E-state index is 0. The number of nitrogens with two attached hydrogens (primary N) is 1. The largest absolute Gasteiger partial charge is 0.384 e. The van der Waals surface area contributed by atoms with E-state index >= 15 is 0 Å². The van der Waals surface area contributed by atoms with E-state index in [9.17, 15) is 4.79 Å². The van der Waals surface area contributed by atoms with Gasteiger partial charge in [0, 0.05) is 13.2 Å². The first-order valence-corrected chi connectivity index (χ1v) is 5.82. The van der Waals surface area contributed by atoms with Crippen molar-refractivity contribution in [3.63, 3.8) is 0 Å². The summed E-state index contributed by atoms with van der Waals surface area (Å²) in [6, 6.07) is 4.98. The number of anilines is 1. The highest BCUT2D eigenvalue weighted by Crippen LogP contribution is 1.99. The van der Waals surface area contributed by atoms with E-state index < -0.39 is 0 Å². The molecule has 1 rings (SSSR count). The van der Waals surface area contributed by atoms with Crippen molar-refractivity contribution in [1.82, 2.24) is 10.3 Å². The minimum atomic E-state index is -0.226. The number of unbranched alkanes of at least 4 members (excludes halogenated alkanes) is 1. The van der Waals surface area contributed by atoms with Crippen LogP contribution in [0.25, 0.3) is 0 Å². The van der Waals surface area contributed by atoms with Crippen molar-refractivity contribution in [3.8, 4) is 0 Å². The number of hydrogen-bond donors (Lipinski definition) is 2. The Kier molecular flexibility index (Phi) is 8.96. The van der Waals surface area contributed by atoms with E-state index in [2.05, 4.69) is 17.2 Å². The third kappa shape index (κ3) is 6.42. The highest BCUT2D eigenvalue weighted by atomic mass is 35.5. The summed E-state index contributed by atoms with van der Waals surface area (Å²) in [5.74, 6) is 0.119. The molecule has 0 spiro atoms. The molecule has 0 aromatic carbocycles. The third-order valence-electron chi connectivity index (χ3n) is 2.18. The first-order chi connectivity index (χ1) is 8.24. The number of aromatic nitrogens is 1. The van der Waals surface area contributed by atoms with Crippen molar-refractivity contribution in [2.45, 2.75) is 19.8 Å². The van der Waals surface area contributed by atoms with Crippen molar-refractivity contribution in [2.75, 3.05) is 25.5 Å². The van der Waals surface area contributed by atoms with Gasteiger partial charge >= 0.3 is 0 Å². The van der Waals surface area contributed by atoms with Gasteiger partial charge in [-0.3, -0.25) is 4.79 Å². The van der Waals surface area contributed by atoms with Crippen LogP contribution in [-0.2, 0) is 4.74 Å². The van der Waals surface area contributed by atoms with E-state index in [1.807, 2.05) is 0 Å². The highest BCUT2D eigenvalue weighted by Gasteiger charge is 2.05. The van der Waals surface area contributed by atoms with Crippen LogP contribution >= 0.6 is 12.4 Å².